The molecule has 1 fully saturated rings. The van der Waals surface area contributed by atoms with Crippen LogP contribution in [0.2, 0.25) is 0 Å². The van der Waals surface area contributed by atoms with Gasteiger partial charge in [0, 0.05) is 12.0 Å². The highest BCUT2D eigenvalue weighted by Gasteiger charge is 2.25. The first kappa shape index (κ1) is 15.0. The van der Waals surface area contributed by atoms with Gasteiger partial charge in [-0.1, -0.05) is 20.8 Å². The first-order chi connectivity index (χ1) is 8.30. The van der Waals surface area contributed by atoms with Crippen LogP contribution >= 0.6 is 0 Å². The third-order valence-electron chi connectivity index (χ3n) is 3.00. The van der Waals surface area contributed by atoms with Crippen LogP contribution in [0.1, 0.15) is 40.5 Å². The summed E-state index contributed by atoms with van der Waals surface area (Å²) in [6.45, 7) is 8.16. The summed E-state index contributed by atoms with van der Waals surface area (Å²) in [4.78, 5) is 23.3. The molecule has 0 saturated carbocycles. The van der Waals surface area contributed by atoms with E-state index in [0.29, 0.717) is 0 Å². The molecule has 0 radical (unpaired) electrons. The van der Waals surface area contributed by atoms with Crippen LogP contribution in [0.5, 0.6) is 0 Å². The molecule has 5 nitrogen and oxygen atoms in total. The van der Waals surface area contributed by atoms with Gasteiger partial charge in [0.25, 0.3) is 0 Å². The molecule has 0 unspecified atom stereocenters. The van der Waals surface area contributed by atoms with Crippen LogP contribution in [0.3, 0.4) is 0 Å². The van der Waals surface area contributed by atoms with Gasteiger partial charge in [0.2, 0.25) is 11.8 Å². The van der Waals surface area contributed by atoms with Gasteiger partial charge in [-0.05, 0) is 19.8 Å². The minimum absolute atomic E-state index is 0.00783. The Morgan fingerprint density at radius 3 is 2.56 bits per heavy atom. The third-order valence-corrected chi connectivity index (χ3v) is 3.00. The highest BCUT2D eigenvalue weighted by atomic mass is 16.5. The molecule has 0 aliphatic carbocycles. The van der Waals surface area contributed by atoms with Crippen LogP contribution in [-0.2, 0) is 14.3 Å². The Bertz CT molecular complexity index is 304. The normalized spacial score (nSPS) is 21.4. The number of nitrogens with one attached hydrogen (secondary N) is 2. The van der Waals surface area contributed by atoms with Gasteiger partial charge in [0.15, 0.2) is 0 Å². The molecular formula is C13H24N2O3. The van der Waals surface area contributed by atoms with Gasteiger partial charge < -0.3 is 15.4 Å². The highest BCUT2D eigenvalue weighted by molar-refractivity contribution is 5.87. The summed E-state index contributed by atoms with van der Waals surface area (Å²) >= 11 is 0. The van der Waals surface area contributed by atoms with E-state index >= 15 is 0 Å². The zero-order valence-electron chi connectivity index (χ0n) is 11.7. The predicted octanol–water partition coefficient (Wildman–Crippen LogP) is 0.832. The Labute approximate surface area is 109 Å². The number of hydrogen-bond acceptors (Lipinski definition) is 3. The number of rotatable bonds is 4. The lowest BCUT2D eigenvalue weighted by molar-refractivity contribution is -0.131. The molecule has 18 heavy (non-hydrogen) atoms. The van der Waals surface area contributed by atoms with Crippen LogP contribution in [0.4, 0.5) is 0 Å². The number of ether oxygens (including phenoxy) is 1. The Kier molecular flexibility index (Phi) is 5.14. The van der Waals surface area contributed by atoms with Gasteiger partial charge in [-0.3, -0.25) is 9.59 Å². The summed E-state index contributed by atoms with van der Waals surface area (Å²) in [5.74, 6) is -0.294. The molecular weight excluding hydrogens is 232 g/mol. The predicted molar refractivity (Wildman–Crippen MR) is 69.0 cm³/mol. The number of hydrogen-bond donors (Lipinski definition) is 2. The second-order valence-corrected chi connectivity index (χ2v) is 5.84. The van der Waals surface area contributed by atoms with Gasteiger partial charge in [-0.2, -0.15) is 0 Å². The molecule has 1 aliphatic heterocycles. The van der Waals surface area contributed by atoms with Crippen molar-refractivity contribution in [3.05, 3.63) is 0 Å². The lowest BCUT2D eigenvalue weighted by Gasteiger charge is -2.21. The summed E-state index contributed by atoms with van der Waals surface area (Å²) in [5.41, 5.74) is -0.472. The van der Waals surface area contributed by atoms with E-state index in [1.807, 2.05) is 27.7 Å². The van der Waals surface area contributed by atoms with Gasteiger partial charge in [-0.15, -0.1) is 0 Å². The van der Waals surface area contributed by atoms with Gasteiger partial charge in [0.05, 0.1) is 18.7 Å². The third kappa shape index (κ3) is 4.64. The average molecular weight is 256 g/mol. The number of amides is 2. The zero-order valence-corrected chi connectivity index (χ0v) is 11.7. The van der Waals surface area contributed by atoms with E-state index in [0.717, 1.165) is 19.4 Å². The minimum atomic E-state index is -0.472. The smallest absolute Gasteiger partial charge is 0.239 e. The molecule has 1 heterocycles. The summed E-state index contributed by atoms with van der Waals surface area (Å²) < 4.78 is 5.49. The van der Waals surface area contributed by atoms with Gasteiger partial charge in [-0.25, -0.2) is 0 Å². The van der Waals surface area contributed by atoms with Crippen molar-refractivity contribution in [2.24, 2.45) is 5.41 Å². The van der Waals surface area contributed by atoms with Crippen molar-refractivity contribution in [3.63, 3.8) is 0 Å². The van der Waals surface area contributed by atoms with Gasteiger partial charge >= 0.3 is 0 Å². The number of carbonyl (C=O) groups is 2. The standard InChI is InChI=1S/C13H24N2O3/c1-9(10-6-5-7-18-10)15-11(16)8-14-12(17)13(2,3)4/h9-10H,5-8H2,1-4H3,(H,14,17)(H,15,16)/t9-,10-/m1/s1. The monoisotopic (exact) mass is 256 g/mol. The fourth-order valence-corrected chi connectivity index (χ4v) is 1.82. The van der Waals surface area contributed by atoms with Gasteiger partial charge in [0.1, 0.15) is 0 Å². The van der Waals surface area contributed by atoms with Crippen LogP contribution in [0.15, 0.2) is 0 Å². The van der Waals surface area contributed by atoms with E-state index in [2.05, 4.69) is 10.6 Å². The Morgan fingerprint density at radius 2 is 2.06 bits per heavy atom. The zero-order chi connectivity index (χ0) is 13.8. The van der Waals surface area contributed by atoms with Crippen LogP contribution < -0.4 is 10.6 Å². The van der Waals surface area contributed by atoms with Crippen molar-refractivity contribution in [1.82, 2.24) is 10.6 Å². The Balaban J connectivity index is 2.27. The molecule has 1 saturated heterocycles. The van der Waals surface area contributed by atoms with Crippen LogP contribution in [-0.4, -0.2) is 37.1 Å². The van der Waals surface area contributed by atoms with Crippen molar-refractivity contribution < 1.29 is 14.3 Å². The van der Waals surface area contributed by atoms with E-state index in [1.54, 1.807) is 0 Å². The second kappa shape index (κ2) is 6.18. The van der Waals surface area contributed by atoms with E-state index in [1.165, 1.54) is 0 Å². The average Bonchev–Trinajstić information content (AvgIpc) is 2.77. The van der Waals surface area contributed by atoms with Crippen molar-refractivity contribution >= 4 is 11.8 Å². The summed E-state index contributed by atoms with van der Waals surface area (Å²) in [5, 5.41) is 5.48. The maximum absolute atomic E-state index is 11.7. The van der Waals surface area contributed by atoms with Crippen molar-refractivity contribution in [2.45, 2.75) is 52.7 Å². The van der Waals surface area contributed by atoms with E-state index < -0.39 is 5.41 Å². The maximum Gasteiger partial charge on any atom is 0.239 e. The molecule has 104 valence electrons. The van der Waals surface area contributed by atoms with E-state index in [-0.39, 0.29) is 30.5 Å². The lowest BCUT2D eigenvalue weighted by Crippen LogP contribution is -2.47. The molecule has 0 spiro atoms. The molecule has 0 bridgehead atoms. The fraction of sp³-hybridized carbons (Fsp3) is 0.846. The molecule has 0 aromatic heterocycles. The summed E-state index contributed by atoms with van der Waals surface area (Å²) in [7, 11) is 0. The first-order valence-corrected chi connectivity index (χ1v) is 6.50. The van der Waals surface area contributed by atoms with Crippen molar-refractivity contribution in [3.8, 4) is 0 Å². The van der Waals surface area contributed by atoms with Crippen LogP contribution in [0.25, 0.3) is 0 Å². The first-order valence-electron chi connectivity index (χ1n) is 6.50. The SMILES string of the molecule is C[C@@H](NC(=O)CNC(=O)C(C)(C)C)[C@H]1CCCO1. The van der Waals surface area contributed by atoms with E-state index in [9.17, 15) is 9.59 Å². The molecule has 0 aromatic carbocycles. The van der Waals surface area contributed by atoms with Crippen molar-refractivity contribution in [2.75, 3.05) is 13.2 Å². The maximum atomic E-state index is 11.7. The van der Waals surface area contributed by atoms with Crippen LogP contribution in [0, 0.1) is 5.41 Å². The summed E-state index contributed by atoms with van der Waals surface area (Å²) in [6, 6.07) is -0.00783. The quantitative estimate of drug-likeness (QED) is 0.783. The highest BCUT2D eigenvalue weighted by Crippen LogP contribution is 2.15. The molecule has 1 rings (SSSR count). The largest absolute Gasteiger partial charge is 0.376 e. The van der Waals surface area contributed by atoms with Crippen molar-refractivity contribution in [1.29, 1.82) is 0 Å². The minimum Gasteiger partial charge on any atom is -0.376 e. The number of carbonyl (C=O) groups excluding carboxylic acids is 2. The molecule has 0 aromatic rings. The Morgan fingerprint density at radius 1 is 1.39 bits per heavy atom. The lowest BCUT2D eigenvalue weighted by atomic mass is 9.96. The topological polar surface area (TPSA) is 67.4 Å². The molecule has 2 atom stereocenters. The molecule has 1 aliphatic rings. The second-order valence-electron chi connectivity index (χ2n) is 5.84. The molecule has 5 heteroatoms. The summed E-state index contributed by atoms with van der Waals surface area (Å²) in [6.07, 6.45) is 2.13. The Hall–Kier alpha value is -1.10. The molecule has 2 amide bonds. The van der Waals surface area contributed by atoms with E-state index in [4.69, 9.17) is 4.74 Å². The fourth-order valence-electron chi connectivity index (χ4n) is 1.82. The molecule has 2 N–H and O–H groups in total.